The van der Waals surface area contributed by atoms with Crippen molar-refractivity contribution < 1.29 is 4.74 Å². The Labute approximate surface area is 119 Å². The lowest BCUT2D eigenvalue weighted by molar-refractivity contribution is 0.322. The molecule has 2 aromatic rings. The van der Waals surface area contributed by atoms with Crippen LogP contribution in [0.1, 0.15) is 5.56 Å². The average molecular weight is 328 g/mol. The maximum Gasteiger partial charge on any atom is 0.126 e. The molecule has 0 saturated heterocycles. The van der Waals surface area contributed by atoms with E-state index in [1.54, 1.807) is 0 Å². The summed E-state index contributed by atoms with van der Waals surface area (Å²) in [5.41, 5.74) is 6.66. The van der Waals surface area contributed by atoms with Gasteiger partial charge in [0.25, 0.3) is 0 Å². The van der Waals surface area contributed by atoms with Crippen LogP contribution in [0.3, 0.4) is 0 Å². The van der Waals surface area contributed by atoms with E-state index in [0.29, 0.717) is 23.9 Å². The van der Waals surface area contributed by atoms with Gasteiger partial charge in [0.05, 0.1) is 11.6 Å². The van der Waals surface area contributed by atoms with Gasteiger partial charge in [-0.1, -0.05) is 27.5 Å². The van der Waals surface area contributed by atoms with Gasteiger partial charge in [0.15, 0.2) is 0 Å². The van der Waals surface area contributed by atoms with Crippen LogP contribution in [0, 0.1) is 0 Å². The number of rotatable bonds is 4. The van der Waals surface area contributed by atoms with Gasteiger partial charge in [0.1, 0.15) is 11.6 Å². The Morgan fingerprint density at radius 2 is 2.00 bits per heavy atom. The highest BCUT2D eigenvalue weighted by Gasteiger charge is 2.02. The Morgan fingerprint density at radius 3 is 2.72 bits per heavy atom. The number of nitrogens with two attached hydrogens (primary N) is 1. The van der Waals surface area contributed by atoms with Crippen molar-refractivity contribution in [3.63, 3.8) is 0 Å². The maximum absolute atomic E-state index is 5.87. The van der Waals surface area contributed by atoms with Crippen LogP contribution >= 0.6 is 27.5 Å². The minimum Gasteiger partial charge on any atom is -0.493 e. The molecule has 0 aliphatic rings. The first kappa shape index (κ1) is 13.2. The van der Waals surface area contributed by atoms with Crippen LogP contribution in [-0.4, -0.2) is 11.6 Å². The molecule has 1 heterocycles. The lowest BCUT2D eigenvalue weighted by Crippen LogP contribution is -2.05. The van der Waals surface area contributed by atoms with Crippen molar-refractivity contribution in [2.45, 2.75) is 6.42 Å². The van der Waals surface area contributed by atoms with E-state index in [4.69, 9.17) is 22.1 Å². The molecule has 0 spiro atoms. The minimum atomic E-state index is 0.499. The SMILES string of the molecule is Nc1ncc(Cl)cc1CCOc1ccc(Br)cc1. The van der Waals surface area contributed by atoms with Gasteiger partial charge < -0.3 is 10.5 Å². The number of nitrogen functional groups attached to an aromatic ring is 1. The number of nitrogens with zero attached hydrogens (tertiary/aromatic N) is 1. The first-order valence-corrected chi connectivity index (χ1v) is 6.60. The number of aromatic nitrogens is 1. The third-order valence-corrected chi connectivity index (χ3v) is 3.16. The molecular formula is C13H12BrClN2O. The summed E-state index contributed by atoms with van der Waals surface area (Å²) in [5.74, 6) is 1.32. The van der Waals surface area contributed by atoms with E-state index in [9.17, 15) is 0 Å². The van der Waals surface area contributed by atoms with Gasteiger partial charge in [-0.3, -0.25) is 0 Å². The zero-order chi connectivity index (χ0) is 13.0. The number of hydrogen-bond donors (Lipinski definition) is 1. The lowest BCUT2D eigenvalue weighted by Gasteiger charge is -2.08. The Hall–Kier alpha value is -1.26. The molecule has 1 aromatic heterocycles. The fourth-order valence-electron chi connectivity index (χ4n) is 1.50. The number of pyridine rings is 1. The van der Waals surface area contributed by atoms with E-state index in [1.807, 2.05) is 30.3 Å². The summed E-state index contributed by atoms with van der Waals surface area (Å²) in [7, 11) is 0. The average Bonchev–Trinajstić information content (AvgIpc) is 2.36. The molecular weight excluding hydrogens is 316 g/mol. The van der Waals surface area contributed by atoms with Gasteiger partial charge >= 0.3 is 0 Å². The number of ether oxygens (including phenoxy) is 1. The van der Waals surface area contributed by atoms with E-state index >= 15 is 0 Å². The third kappa shape index (κ3) is 3.62. The second-order valence-corrected chi connectivity index (χ2v) is 5.10. The van der Waals surface area contributed by atoms with Crippen molar-refractivity contribution in [3.05, 3.63) is 51.6 Å². The Balaban J connectivity index is 1.92. The molecule has 5 heteroatoms. The first-order valence-electron chi connectivity index (χ1n) is 5.43. The normalized spacial score (nSPS) is 10.3. The zero-order valence-corrected chi connectivity index (χ0v) is 11.9. The van der Waals surface area contributed by atoms with Crippen molar-refractivity contribution in [3.8, 4) is 5.75 Å². The second-order valence-electron chi connectivity index (χ2n) is 3.75. The summed E-state index contributed by atoms with van der Waals surface area (Å²) in [6, 6.07) is 9.50. The van der Waals surface area contributed by atoms with E-state index in [-0.39, 0.29) is 0 Å². The second kappa shape index (κ2) is 6.07. The predicted molar refractivity (Wildman–Crippen MR) is 77.0 cm³/mol. The Kier molecular flexibility index (Phi) is 4.44. The van der Waals surface area contributed by atoms with Gasteiger partial charge in [-0.15, -0.1) is 0 Å². The number of anilines is 1. The molecule has 0 amide bonds. The molecule has 0 radical (unpaired) electrons. The quantitative estimate of drug-likeness (QED) is 0.931. The molecule has 0 bridgehead atoms. The van der Waals surface area contributed by atoms with Crippen LogP contribution in [0.15, 0.2) is 41.0 Å². The fourth-order valence-corrected chi connectivity index (χ4v) is 1.95. The molecule has 0 fully saturated rings. The van der Waals surface area contributed by atoms with Crippen LogP contribution in [0.25, 0.3) is 0 Å². The van der Waals surface area contributed by atoms with Crippen LogP contribution in [-0.2, 0) is 6.42 Å². The predicted octanol–water partition coefficient (Wildman–Crippen LogP) is 3.70. The third-order valence-electron chi connectivity index (χ3n) is 2.42. The highest BCUT2D eigenvalue weighted by atomic mass is 79.9. The minimum absolute atomic E-state index is 0.499. The summed E-state index contributed by atoms with van der Waals surface area (Å²) in [6.45, 7) is 0.536. The highest BCUT2D eigenvalue weighted by molar-refractivity contribution is 9.10. The molecule has 1 aromatic carbocycles. The summed E-state index contributed by atoms with van der Waals surface area (Å²) in [4.78, 5) is 4.00. The largest absolute Gasteiger partial charge is 0.493 e. The molecule has 0 atom stereocenters. The molecule has 2 rings (SSSR count). The summed E-state index contributed by atoms with van der Waals surface area (Å²) >= 11 is 9.24. The van der Waals surface area contributed by atoms with Crippen LogP contribution < -0.4 is 10.5 Å². The molecule has 0 saturated carbocycles. The highest BCUT2D eigenvalue weighted by Crippen LogP contribution is 2.18. The van der Waals surface area contributed by atoms with Gasteiger partial charge in [0, 0.05) is 17.1 Å². The van der Waals surface area contributed by atoms with Crippen molar-refractivity contribution in [2.75, 3.05) is 12.3 Å². The molecule has 0 unspecified atom stereocenters. The van der Waals surface area contributed by atoms with E-state index < -0.39 is 0 Å². The van der Waals surface area contributed by atoms with Crippen molar-refractivity contribution in [1.82, 2.24) is 4.98 Å². The smallest absolute Gasteiger partial charge is 0.126 e. The lowest BCUT2D eigenvalue weighted by atomic mass is 10.2. The Bertz CT molecular complexity index is 531. The van der Waals surface area contributed by atoms with Gasteiger partial charge in [0.2, 0.25) is 0 Å². The van der Waals surface area contributed by atoms with E-state index in [1.165, 1.54) is 6.20 Å². The van der Waals surface area contributed by atoms with Crippen molar-refractivity contribution in [1.29, 1.82) is 0 Å². The summed E-state index contributed by atoms with van der Waals surface area (Å²) < 4.78 is 6.64. The van der Waals surface area contributed by atoms with Crippen molar-refractivity contribution >= 4 is 33.3 Å². The number of hydrogen-bond acceptors (Lipinski definition) is 3. The van der Waals surface area contributed by atoms with Crippen LogP contribution in [0.4, 0.5) is 5.82 Å². The molecule has 18 heavy (non-hydrogen) atoms. The number of benzene rings is 1. The van der Waals surface area contributed by atoms with Crippen molar-refractivity contribution in [2.24, 2.45) is 0 Å². The van der Waals surface area contributed by atoms with Gasteiger partial charge in [-0.05, 0) is 35.9 Å². The van der Waals surface area contributed by atoms with Crippen LogP contribution in [0.5, 0.6) is 5.75 Å². The Morgan fingerprint density at radius 1 is 1.28 bits per heavy atom. The maximum atomic E-state index is 5.87. The van der Waals surface area contributed by atoms with Gasteiger partial charge in [-0.25, -0.2) is 4.98 Å². The molecule has 0 aliphatic carbocycles. The van der Waals surface area contributed by atoms with Gasteiger partial charge in [-0.2, -0.15) is 0 Å². The molecule has 0 aliphatic heterocycles. The summed E-state index contributed by atoms with van der Waals surface area (Å²) in [6.07, 6.45) is 2.21. The number of halogens is 2. The zero-order valence-electron chi connectivity index (χ0n) is 9.57. The topological polar surface area (TPSA) is 48.1 Å². The van der Waals surface area contributed by atoms with E-state index in [0.717, 1.165) is 15.8 Å². The van der Waals surface area contributed by atoms with Crippen LogP contribution in [0.2, 0.25) is 5.02 Å². The molecule has 94 valence electrons. The summed E-state index contributed by atoms with van der Waals surface area (Å²) in [5, 5.41) is 0.586. The molecule has 3 nitrogen and oxygen atoms in total. The first-order chi connectivity index (χ1) is 8.65. The molecule has 2 N–H and O–H groups in total. The fraction of sp³-hybridized carbons (Fsp3) is 0.154. The van der Waals surface area contributed by atoms with E-state index in [2.05, 4.69) is 20.9 Å². The standard InChI is InChI=1S/C13H12BrClN2O/c14-10-1-3-12(4-2-10)18-6-5-9-7-11(15)8-17-13(9)16/h1-4,7-8H,5-6H2,(H2,16,17). The monoisotopic (exact) mass is 326 g/mol.